The first-order valence-electron chi connectivity index (χ1n) is 11.4. The summed E-state index contributed by atoms with van der Waals surface area (Å²) in [6.07, 6.45) is 4.97. The van der Waals surface area contributed by atoms with Crippen molar-refractivity contribution in [2.75, 3.05) is 6.61 Å². The highest BCUT2D eigenvalue weighted by atomic mass is 16.5. The van der Waals surface area contributed by atoms with Crippen LogP contribution in [-0.2, 0) is 0 Å². The number of hydrogen-bond acceptors (Lipinski definition) is 1. The topological polar surface area (TPSA) is 14.2 Å². The van der Waals surface area contributed by atoms with E-state index in [2.05, 4.69) is 92.9 Å². The number of nitrogens with zero attached hydrogens (tertiary/aromatic N) is 1. The summed E-state index contributed by atoms with van der Waals surface area (Å²) in [5.74, 6) is 1.61. The van der Waals surface area contributed by atoms with Crippen molar-refractivity contribution >= 4 is 21.8 Å². The van der Waals surface area contributed by atoms with Crippen LogP contribution in [0, 0.1) is 19.8 Å². The van der Waals surface area contributed by atoms with Crippen LogP contribution in [0.1, 0.15) is 50.7 Å². The molecule has 0 radical (unpaired) electrons. The highest BCUT2D eigenvalue weighted by Gasteiger charge is 2.13. The number of aryl methyl sites for hydroxylation is 2. The smallest absolute Gasteiger partial charge is 0.119 e. The molecule has 2 nitrogen and oxygen atoms in total. The number of hydrogen-bond donors (Lipinski definition) is 0. The van der Waals surface area contributed by atoms with Gasteiger partial charge in [0.05, 0.1) is 17.6 Å². The van der Waals surface area contributed by atoms with Gasteiger partial charge < -0.3 is 9.30 Å². The molecule has 0 N–H and O–H groups in total. The zero-order chi connectivity index (χ0) is 21.1. The van der Waals surface area contributed by atoms with Crippen LogP contribution in [0.2, 0.25) is 0 Å². The van der Waals surface area contributed by atoms with Crippen LogP contribution in [0.25, 0.3) is 27.5 Å². The van der Waals surface area contributed by atoms with Crippen LogP contribution in [0.3, 0.4) is 0 Å². The van der Waals surface area contributed by atoms with Crippen molar-refractivity contribution in [3.63, 3.8) is 0 Å². The van der Waals surface area contributed by atoms with Gasteiger partial charge in [-0.15, -0.1) is 0 Å². The van der Waals surface area contributed by atoms with Crippen molar-refractivity contribution in [3.8, 4) is 11.4 Å². The molecule has 0 fully saturated rings. The van der Waals surface area contributed by atoms with E-state index >= 15 is 0 Å². The van der Waals surface area contributed by atoms with Crippen LogP contribution in [0.15, 0.2) is 60.7 Å². The van der Waals surface area contributed by atoms with Crippen molar-refractivity contribution in [1.82, 2.24) is 4.57 Å². The van der Waals surface area contributed by atoms with Crippen LogP contribution in [0.5, 0.6) is 5.75 Å². The first-order valence-corrected chi connectivity index (χ1v) is 11.4. The van der Waals surface area contributed by atoms with Crippen molar-refractivity contribution in [2.24, 2.45) is 5.92 Å². The lowest BCUT2D eigenvalue weighted by atomic mass is 10.0. The zero-order valence-corrected chi connectivity index (χ0v) is 18.7. The van der Waals surface area contributed by atoms with E-state index in [9.17, 15) is 0 Å². The Bertz CT molecular complexity index is 1080. The molecule has 0 saturated carbocycles. The molecule has 30 heavy (non-hydrogen) atoms. The number of rotatable bonds is 8. The molecule has 4 aromatic rings. The summed E-state index contributed by atoms with van der Waals surface area (Å²) < 4.78 is 8.49. The Labute approximate surface area is 180 Å². The van der Waals surface area contributed by atoms with Crippen LogP contribution in [0.4, 0.5) is 0 Å². The molecule has 1 atom stereocenters. The highest BCUT2D eigenvalue weighted by molar-refractivity contribution is 6.09. The second-order valence-electron chi connectivity index (χ2n) is 8.60. The fourth-order valence-corrected chi connectivity index (χ4v) is 4.33. The van der Waals surface area contributed by atoms with E-state index in [0.717, 1.165) is 12.4 Å². The normalized spacial score (nSPS) is 12.5. The molecule has 0 aliphatic heterocycles. The Morgan fingerprint density at radius 1 is 0.800 bits per heavy atom. The van der Waals surface area contributed by atoms with Gasteiger partial charge in [0.15, 0.2) is 0 Å². The van der Waals surface area contributed by atoms with E-state index in [4.69, 9.17) is 4.74 Å². The molecule has 0 amide bonds. The second kappa shape index (κ2) is 8.95. The Hall–Kier alpha value is -2.74. The Kier molecular flexibility index (Phi) is 6.13. The van der Waals surface area contributed by atoms with Gasteiger partial charge in [-0.3, -0.25) is 0 Å². The van der Waals surface area contributed by atoms with Gasteiger partial charge in [0.25, 0.3) is 0 Å². The highest BCUT2D eigenvalue weighted by Crippen LogP contribution is 2.33. The number of unbranched alkanes of at least 4 members (excludes halogenated alkanes) is 1. The van der Waals surface area contributed by atoms with Crippen LogP contribution >= 0.6 is 0 Å². The first kappa shape index (κ1) is 20.5. The molecular formula is C28H33NO. The molecule has 3 aromatic carbocycles. The summed E-state index contributed by atoms with van der Waals surface area (Å²) in [4.78, 5) is 0. The molecule has 1 heterocycles. The van der Waals surface area contributed by atoms with Gasteiger partial charge in [-0.1, -0.05) is 56.4 Å². The molecule has 4 rings (SSSR count). The maximum Gasteiger partial charge on any atom is 0.119 e. The average molecular weight is 400 g/mol. The minimum Gasteiger partial charge on any atom is -0.493 e. The molecule has 0 aliphatic rings. The standard InChI is InChI=1S/C28H33NO/c1-5-7-8-22(6-2)19-30-24-13-11-23(12-14-24)29-27-15-9-20(3)17-25(27)26-18-21(4)10-16-28(26)29/h9-18,22H,5-8,19H2,1-4H3. The summed E-state index contributed by atoms with van der Waals surface area (Å²) >= 11 is 0. The summed E-state index contributed by atoms with van der Waals surface area (Å²) in [7, 11) is 0. The molecule has 0 bridgehead atoms. The second-order valence-corrected chi connectivity index (χ2v) is 8.60. The first-order chi connectivity index (χ1) is 14.6. The third-order valence-electron chi connectivity index (χ3n) is 6.20. The van der Waals surface area contributed by atoms with Crippen molar-refractivity contribution in [3.05, 3.63) is 71.8 Å². The van der Waals surface area contributed by atoms with Gasteiger partial charge in [0.2, 0.25) is 0 Å². The van der Waals surface area contributed by atoms with E-state index in [1.807, 2.05) is 0 Å². The summed E-state index contributed by atoms with van der Waals surface area (Å²) in [5, 5.41) is 2.63. The summed E-state index contributed by atoms with van der Waals surface area (Å²) in [6, 6.07) is 22.1. The molecule has 0 spiro atoms. The van der Waals surface area contributed by atoms with Crippen molar-refractivity contribution in [1.29, 1.82) is 0 Å². The molecule has 2 heteroatoms. The van der Waals surface area contributed by atoms with Gasteiger partial charge in [-0.05, 0) is 74.7 Å². The number of aromatic nitrogens is 1. The maximum absolute atomic E-state index is 6.13. The lowest BCUT2D eigenvalue weighted by molar-refractivity contribution is 0.233. The van der Waals surface area contributed by atoms with Gasteiger partial charge >= 0.3 is 0 Å². The van der Waals surface area contributed by atoms with E-state index in [-0.39, 0.29) is 0 Å². The Morgan fingerprint density at radius 2 is 1.40 bits per heavy atom. The number of benzene rings is 3. The SMILES string of the molecule is CCCCC(CC)COc1ccc(-n2c3ccc(C)cc3c3cc(C)ccc32)cc1. The predicted octanol–water partition coefficient (Wildman–Crippen LogP) is 8.00. The lowest BCUT2D eigenvalue weighted by Crippen LogP contribution is -2.11. The van der Waals surface area contributed by atoms with Gasteiger partial charge in [0, 0.05) is 16.5 Å². The Morgan fingerprint density at radius 3 is 1.93 bits per heavy atom. The summed E-state index contributed by atoms with van der Waals surface area (Å²) in [6.45, 7) is 9.65. The largest absolute Gasteiger partial charge is 0.493 e. The average Bonchev–Trinajstić information content (AvgIpc) is 3.07. The van der Waals surface area contributed by atoms with E-state index in [0.29, 0.717) is 5.92 Å². The van der Waals surface area contributed by atoms with E-state index < -0.39 is 0 Å². The van der Waals surface area contributed by atoms with E-state index in [1.165, 1.54) is 64.3 Å². The fraction of sp³-hybridized carbons (Fsp3) is 0.357. The number of ether oxygens (including phenoxy) is 1. The molecule has 0 aliphatic carbocycles. The monoisotopic (exact) mass is 399 g/mol. The number of fused-ring (bicyclic) bond motifs is 3. The van der Waals surface area contributed by atoms with Gasteiger partial charge in [-0.25, -0.2) is 0 Å². The lowest BCUT2D eigenvalue weighted by Gasteiger charge is -2.16. The Balaban J connectivity index is 1.65. The minimum absolute atomic E-state index is 0.647. The van der Waals surface area contributed by atoms with Crippen LogP contribution < -0.4 is 4.74 Å². The third-order valence-corrected chi connectivity index (χ3v) is 6.20. The fourth-order valence-electron chi connectivity index (χ4n) is 4.33. The van der Waals surface area contributed by atoms with Gasteiger partial charge in [-0.2, -0.15) is 0 Å². The van der Waals surface area contributed by atoms with Crippen molar-refractivity contribution in [2.45, 2.75) is 53.4 Å². The molecule has 0 saturated heterocycles. The third kappa shape index (κ3) is 4.09. The molecule has 156 valence electrons. The molecule has 1 unspecified atom stereocenters. The van der Waals surface area contributed by atoms with E-state index in [1.54, 1.807) is 0 Å². The molecular weight excluding hydrogens is 366 g/mol. The quantitative estimate of drug-likeness (QED) is 0.293. The zero-order valence-electron chi connectivity index (χ0n) is 18.7. The summed E-state index contributed by atoms with van der Waals surface area (Å²) in [5.41, 5.74) is 6.26. The van der Waals surface area contributed by atoms with Crippen molar-refractivity contribution < 1.29 is 4.74 Å². The predicted molar refractivity (Wildman–Crippen MR) is 129 cm³/mol. The van der Waals surface area contributed by atoms with Gasteiger partial charge in [0.1, 0.15) is 5.75 Å². The maximum atomic E-state index is 6.13. The molecule has 1 aromatic heterocycles. The minimum atomic E-state index is 0.647. The van der Waals surface area contributed by atoms with Crippen LogP contribution in [-0.4, -0.2) is 11.2 Å².